The molecule has 2 aromatic carbocycles. The number of nitrogens with zero attached hydrogens (tertiary/aromatic N) is 1. The summed E-state index contributed by atoms with van der Waals surface area (Å²) in [4.78, 5) is 26.5. The van der Waals surface area contributed by atoms with Gasteiger partial charge in [0.1, 0.15) is 11.8 Å². The summed E-state index contributed by atoms with van der Waals surface area (Å²) < 4.78 is 51.1. The molecule has 1 saturated heterocycles. The van der Waals surface area contributed by atoms with Gasteiger partial charge in [-0.15, -0.1) is 13.2 Å². The first-order chi connectivity index (χ1) is 14.3. The number of carbonyl (C=O) groups excluding carboxylic acids is 2. The van der Waals surface area contributed by atoms with Crippen LogP contribution in [-0.4, -0.2) is 35.9 Å². The van der Waals surface area contributed by atoms with E-state index < -0.39 is 18.3 Å². The van der Waals surface area contributed by atoms with Gasteiger partial charge >= 0.3 is 6.36 Å². The van der Waals surface area contributed by atoms with Crippen LogP contribution in [0, 0.1) is 0 Å². The number of alkyl halides is 3. The first-order valence-electron chi connectivity index (χ1n) is 9.13. The predicted octanol–water partition coefficient (Wildman–Crippen LogP) is 3.44. The first kappa shape index (κ1) is 19.9. The number of likely N-dealkylation sites (tertiary alicyclic amines) is 1. The summed E-state index contributed by atoms with van der Waals surface area (Å²) in [5, 5.41) is 2.64. The van der Waals surface area contributed by atoms with Crippen molar-refractivity contribution in [2.24, 2.45) is 0 Å². The molecule has 1 atom stereocenters. The van der Waals surface area contributed by atoms with Crippen LogP contribution in [0.4, 0.5) is 18.9 Å². The fourth-order valence-electron chi connectivity index (χ4n) is 3.41. The molecule has 0 saturated carbocycles. The molecule has 0 aliphatic carbocycles. The van der Waals surface area contributed by atoms with E-state index in [4.69, 9.17) is 9.47 Å². The number of anilines is 1. The predicted molar refractivity (Wildman–Crippen MR) is 97.9 cm³/mol. The largest absolute Gasteiger partial charge is 0.573 e. The number of fused-ring (bicyclic) bond motifs is 1. The SMILES string of the molecule is O=C(Nc1ccc(OC(F)(F)F)cc1)C1CCC(=O)N1Cc1ccc2c(c1)OCO2. The second kappa shape index (κ2) is 7.77. The lowest BCUT2D eigenvalue weighted by Crippen LogP contribution is -2.41. The van der Waals surface area contributed by atoms with Gasteiger partial charge in [0.2, 0.25) is 18.6 Å². The topological polar surface area (TPSA) is 77.1 Å². The Morgan fingerprint density at radius 2 is 1.87 bits per heavy atom. The maximum Gasteiger partial charge on any atom is 0.573 e. The highest BCUT2D eigenvalue weighted by atomic mass is 19.4. The van der Waals surface area contributed by atoms with E-state index in [1.54, 1.807) is 18.2 Å². The Kier molecular flexibility index (Phi) is 5.15. The van der Waals surface area contributed by atoms with E-state index in [0.29, 0.717) is 23.6 Å². The van der Waals surface area contributed by atoms with Crippen LogP contribution in [0.3, 0.4) is 0 Å². The van der Waals surface area contributed by atoms with Gasteiger partial charge in [-0.05, 0) is 48.4 Å². The van der Waals surface area contributed by atoms with Gasteiger partial charge in [0, 0.05) is 18.7 Å². The second-order valence-electron chi connectivity index (χ2n) is 6.83. The van der Waals surface area contributed by atoms with Crippen molar-refractivity contribution in [1.29, 1.82) is 0 Å². The molecular formula is C20H17F3N2O5. The van der Waals surface area contributed by atoms with Gasteiger partial charge in [-0.1, -0.05) is 6.07 Å². The van der Waals surface area contributed by atoms with Crippen LogP contribution in [0.25, 0.3) is 0 Å². The minimum absolute atomic E-state index is 0.138. The average Bonchev–Trinajstić information content (AvgIpc) is 3.29. The normalized spacial score (nSPS) is 17.9. The Hall–Kier alpha value is -3.43. The van der Waals surface area contributed by atoms with Crippen LogP contribution in [-0.2, 0) is 16.1 Å². The zero-order valence-corrected chi connectivity index (χ0v) is 15.6. The monoisotopic (exact) mass is 422 g/mol. The number of nitrogens with one attached hydrogen (secondary N) is 1. The van der Waals surface area contributed by atoms with E-state index in [-0.39, 0.29) is 31.4 Å². The molecule has 0 radical (unpaired) electrons. The van der Waals surface area contributed by atoms with Gasteiger partial charge in [0.15, 0.2) is 11.5 Å². The molecule has 10 heteroatoms. The lowest BCUT2D eigenvalue weighted by atomic mass is 10.1. The fraction of sp³-hybridized carbons (Fsp3) is 0.300. The molecule has 1 fully saturated rings. The number of carbonyl (C=O) groups is 2. The van der Waals surface area contributed by atoms with Crippen molar-refractivity contribution in [3.05, 3.63) is 48.0 Å². The number of benzene rings is 2. The molecule has 30 heavy (non-hydrogen) atoms. The molecule has 0 aromatic heterocycles. The van der Waals surface area contributed by atoms with Crippen molar-refractivity contribution in [3.8, 4) is 17.2 Å². The number of halogens is 3. The Labute approximate surface area is 169 Å². The summed E-state index contributed by atoms with van der Waals surface area (Å²) >= 11 is 0. The molecule has 0 spiro atoms. The summed E-state index contributed by atoms with van der Waals surface area (Å²) in [6, 6.07) is 9.44. The van der Waals surface area contributed by atoms with E-state index >= 15 is 0 Å². The maximum absolute atomic E-state index is 12.7. The molecule has 2 amide bonds. The number of ether oxygens (including phenoxy) is 3. The molecule has 2 aliphatic heterocycles. The molecule has 2 aliphatic rings. The van der Waals surface area contributed by atoms with E-state index in [0.717, 1.165) is 17.7 Å². The van der Waals surface area contributed by atoms with Gasteiger partial charge < -0.3 is 24.4 Å². The Balaban J connectivity index is 1.42. The summed E-state index contributed by atoms with van der Waals surface area (Å²) in [7, 11) is 0. The number of rotatable bonds is 5. The molecular weight excluding hydrogens is 405 g/mol. The summed E-state index contributed by atoms with van der Waals surface area (Å²) in [6.45, 7) is 0.366. The van der Waals surface area contributed by atoms with Crippen molar-refractivity contribution in [2.75, 3.05) is 12.1 Å². The standard InChI is InChI=1S/C20H17F3N2O5/c21-20(22,23)30-14-4-2-13(3-5-14)24-19(27)15-6-8-18(26)25(15)10-12-1-7-16-17(9-12)29-11-28-16/h1-5,7,9,15H,6,8,10-11H2,(H,24,27). The van der Waals surface area contributed by atoms with Gasteiger partial charge in [-0.25, -0.2) is 0 Å². The first-order valence-corrected chi connectivity index (χ1v) is 9.13. The van der Waals surface area contributed by atoms with Gasteiger partial charge in [-0.2, -0.15) is 0 Å². The van der Waals surface area contributed by atoms with Crippen molar-refractivity contribution in [1.82, 2.24) is 4.90 Å². The van der Waals surface area contributed by atoms with Crippen molar-refractivity contribution >= 4 is 17.5 Å². The Morgan fingerprint density at radius 3 is 2.60 bits per heavy atom. The maximum atomic E-state index is 12.7. The van der Waals surface area contributed by atoms with Crippen molar-refractivity contribution in [3.63, 3.8) is 0 Å². The highest BCUT2D eigenvalue weighted by Gasteiger charge is 2.36. The fourth-order valence-corrected chi connectivity index (χ4v) is 3.41. The third kappa shape index (κ3) is 4.42. The van der Waals surface area contributed by atoms with E-state index in [1.807, 2.05) is 0 Å². The highest BCUT2D eigenvalue weighted by Crippen LogP contribution is 2.34. The van der Waals surface area contributed by atoms with Crippen LogP contribution in [0.15, 0.2) is 42.5 Å². The molecule has 1 unspecified atom stereocenters. The van der Waals surface area contributed by atoms with Crippen LogP contribution in [0.2, 0.25) is 0 Å². The lowest BCUT2D eigenvalue weighted by Gasteiger charge is -2.24. The lowest BCUT2D eigenvalue weighted by molar-refractivity contribution is -0.274. The quantitative estimate of drug-likeness (QED) is 0.799. The molecule has 4 rings (SSSR count). The van der Waals surface area contributed by atoms with Crippen molar-refractivity contribution in [2.45, 2.75) is 31.8 Å². The number of hydrogen-bond donors (Lipinski definition) is 1. The molecule has 158 valence electrons. The molecule has 0 bridgehead atoms. The van der Waals surface area contributed by atoms with E-state index in [2.05, 4.69) is 10.1 Å². The third-order valence-corrected chi connectivity index (χ3v) is 4.78. The highest BCUT2D eigenvalue weighted by molar-refractivity contribution is 5.99. The van der Waals surface area contributed by atoms with Crippen LogP contribution in [0.1, 0.15) is 18.4 Å². The molecule has 2 aromatic rings. The zero-order chi connectivity index (χ0) is 21.3. The summed E-state index contributed by atoms with van der Waals surface area (Å²) in [5.74, 6) is 0.258. The summed E-state index contributed by atoms with van der Waals surface area (Å²) in [5.41, 5.74) is 1.10. The van der Waals surface area contributed by atoms with Crippen molar-refractivity contribution < 1.29 is 37.0 Å². The Morgan fingerprint density at radius 1 is 1.13 bits per heavy atom. The smallest absolute Gasteiger partial charge is 0.454 e. The van der Waals surface area contributed by atoms with Crippen LogP contribution in [0.5, 0.6) is 17.2 Å². The minimum atomic E-state index is -4.79. The average molecular weight is 422 g/mol. The van der Waals surface area contributed by atoms with Gasteiger partial charge in [-0.3, -0.25) is 9.59 Å². The van der Waals surface area contributed by atoms with Gasteiger partial charge in [0.05, 0.1) is 0 Å². The minimum Gasteiger partial charge on any atom is -0.454 e. The number of hydrogen-bond acceptors (Lipinski definition) is 5. The molecule has 1 N–H and O–H groups in total. The second-order valence-corrected chi connectivity index (χ2v) is 6.83. The van der Waals surface area contributed by atoms with Crippen LogP contribution >= 0.6 is 0 Å². The van der Waals surface area contributed by atoms with E-state index in [1.165, 1.54) is 17.0 Å². The molecule has 7 nitrogen and oxygen atoms in total. The van der Waals surface area contributed by atoms with Gasteiger partial charge in [0.25, 0.3) is 0 Å². The summed E-state index contributed by atoms with van der Waals surface area (Å²) in [6.07, 6.45) is -4.20. The zero-order valence-electron chi connectivity index (χ0n) is 15.6. The molecule has 2 heterocycles. The number of amides is 2. The van der Waals surface area contributed by atoms with Crippen LogP contribution < -0.4 is 19.5 Å². The third-order valence-electron chi connectivity index (χ3n) is 4.78. The Bertz CT molecular complexity index is 962. The van der Waals surface area contributed by atoms with E-state index in [9.17, 15) is 22.8 Å².